The molecule has 100 valence electrons. The second-order valence-electron chi connectivity index (χ2n) is 3.94. The number of ether oxygens (including phenoxy) is 1. The van der Waals surface area contributed by atoms with E-state index in [9.17, 15) is 14.4 Å². The fraction of sp³-hybridized carbons (Fsp3) is 0.545. The molecule has 2 atom stereocenters. The number of alkyl carbamates (subject to hydrolysis) is 1. The van der Waals surface area contributed by atoms with Crippen molar-refractivity contribution < 1.29 is 24.2 Å². The van der Waals surface area contributed by atoms with E-state index in [0.717, 1.165) is 0 Å². The summed E-state index contributed by atoms with van der Waals surface area (Å²) >= 11 is 0. The van der Waals surface area contributed by atoms with Crippen LogP contribution in [0, 0.1) is 5.92 Å². The van der Waals surface area contributed by atoms with Crippen molar-refractivity contribution in [1.82, 2.24) is 10.6 Å². The van der Waals surface area contributed by atoms with Gasteiger partial charge < -0.3 is 15.2 Å². The van der Waals surface area contributed by atoms with E-state index in [0.29, 0.717) is 13.0 Å². The maximum Gasteiger partial charge on any atom is 0.414 e. The summed E-state index contributed by atoms with van der Waals surface area (Å²) < 4.78 is 4.59. The van der Waals surface area contributed by atoms with Crippen LogP contribution in [0.3, 0.4) is 0 Å². The lowest BCUT2D eigenvalue weighted by Crippen LogP contribution is -2.51. The number of nitrogens with one attached hydrogen (secondary N) is 2. The fourth-order valence-electron chi connectivity index (χ4n) is 1.70. The van der Waals surface area contributed by atoms with Crippen LogP contribution < -0.4 is 10.6 Å². The molecule has 1 saturated heterocycles. The summed E-state index contributed by atoms with van der Waals surface area (Å²) in [5.74, 6) is -2.07. The van der Waals surface area contributed by atoms with Crippen molar-refractivity contribution in [3.8, 4) is 0 Å². The highest BCUT2D eigenvalue weighted by Crippen LogP contribution is 2.16. The molecule has 0 aromatic carbocycles. The maximum absolute atomic E-state index is 11.6. The van der Waals surface area contributed by atoms with Gasteiger partial charge >= 0.3 is 12.1 Å². The first kappa shape index (κ1) is 14.2. The SMILES string of the molecule is C=CCOC(=O)NC(=O)[C@@H]1C[C@H](C(=O)O)CCN1. The summed E-state index contributed by atoms with van der Waals surface area (Å²) in [6.07, 6.45) is 1.15. The molecule has 2 amide bonds. The molecule has 1 aliphatic rings. The van der Waals surface area contributed by atoms with E-state index in [2.05, 4.69) is 16.6 Å². The van der Waals surface area contributed by atoms with E-state index in [-0.39, 0.29) is 13.0 Å². The molecular formula is C11H16N2O5. The predicted octanol–water partition coefficient (Wildman–Crippen LogP) is -0.122. The summed E-state index contributed by atoms with van der Waals surface area (Å²) in [5.41, 5.74) is 0. The van der Waals surface area contributed by atoms with Crippen LogP contribution in [0.2, 0.25) is 0 Å². The minimum atomic E-state index is -0.927. The van der Waals surface area contributed by atoms with Crippen molar-refractivity contribution in [2.45, 2.75) is 18.9 Å². The Kier molecular flexibility index (Phi) is 5.31. The third-order valence-electron chi connectivity index (χ3n) is 2.63. The number of aliphatic carboxylic acids is 1. The van der Waals surface area contributed by atoms with E-state index in [4.69, 9.17) is 5.11 Å². The first-order chi connectivity index (χ1) is 8.54. The average Bonchev–Trinajstić information content (AvgIpc) is 2.36. The number of piperidine rings is 1. The molecule has 0 aliphatic carbocycles. The van der Waals surface area contributed by atoms with Crippen molar-refractivity contribution in [1.29, 1.82) is 0 Å². The zero-order chi connectivity index (χ0) is 13.5. The Morgan fingerprint density at radius 1 is 1.50 bits per heavy atom. The van der Waals surface area contributed by atoms with Crippen LogP contribution in [-0.2, 0) is 14.3 Å². The number of imide groups is 1. The highest BCUT2D eigenvalue weighted by molar-refractivity contribution is 5.95. The van der Waals surface area contributed by atoms with Crippen LogP contribution in [-0.4, -0.2) is 42.3 Å². The van der Waals surface area contributed by atoms with Crippen LogP contribution in [0.5, 0.6) is 0 Å². The molecule has 0 aromatic rings. The number of rotatable bonds is 4. The molecule has 3 N–H and O–H groups in total. The van der Waals surface area contributed by atoms with E-state index in [1.807, 2.05) is 5.32 Å². The van der Waals surface area contributed by atoms with Gasteiger partial charge in [0, 0.05) is 0 Å². The van der Waals surface area contributed by atoms with Crippen LogP contribution in [0.25, 0.3) is 0 Å². The smallest absolute Gasteiger partial charge is 0.414 e. The van der Waals surface area contributed by atoms with E-state index < -0.39 is 29.9 Å². The van der Waals surface area contributed by atoms with Gasteiger partial charge in [0.15, 0.2) is 0 Å². The quantitative estimate of drug-likeness (QED) is 0.606. The number of carboxylic acids is 1. The Bertz CT molecular complexity index is 355. The molecule has 1 rings (SSSR count). The van der Waals surface area contributed by atoms with Crippen molar-refractivity contribution in [2.75, 3.05) is 13.2 Å². The average molecular weight is 256 g/mol. The molecule has 1 heterocycles. The summed E-state index contributed by atoms with van der Waals surface area (Å²) in [4.78, 5) is 33.6. The Morgan fingerprint density at radius 2 is 2.22 bits per heavy atom. The molecule has 7 heteroatoms. The molecule has 0 bridgehead atoms. The molecule has 0 aromatic heterocycles. The normalized spacial score (nSPS) is 22.9. The van der Waals surface area contributed by atoms with Gasteiger partial charge in [0.1, 0.15) is 6.61 Å². The van der Waals surface area contributed by atoms with Gasteiger partial charge in [-0.15, -0.1) is 0 Å². The van der Waals surface area contributed by atoms with Crippen molar-refractivity contribution in [2.24, 2.45) is 5.92 Å². The third kappa shape index (κ3) is 4.17. The van der Waals surface area contributed by atoms with Gasteiger partial charge in [-0.05, 0) is 19.4 Å². The Balaban J connectivity index is 2.43. The second kappa shape index (κ2) is 6.75. The minimum Gasteiger partial charge on any atom is -0.481 e. The van der Waals surface area contributed by atoms with Gasteiger partial charge in [0.05, 0.1) is 12.0 Å². The number of amides is 2. The lowest BCUT2D eigenvalue weighted by Gasteiger charge is -2.26. The molecule has 1 fully saturated rings. The van der Waals surface area contributed by atoms with E-state index in [1.165, 1.54) is 6.08 Å². The van der Waals surface area contributed by atoms with Crippen LogP contribution in [0.15, 0.2) is 12.7 Å². The van der Waals surface area contributed by atoms with Crippen molar-refractivity contribution in [3.05, 3.63) is 12.7 Å². The first-order valence-corrected chi connectivity index (χ1v) is 5.59. The zero-order valence-corrected chi connectivity index (χ0v) is 9.85. The highest BCUT2D eigenvalue weighted by Gasteiger charge is 2.31. The van der Waals surface area contributed by atoms with Crippen molar-refractivity contribution >= 4 is 18.0 Å². The molecule has 18 heavy (non-hydrogen) atoms. The van der Waals surface area contributed by atoms with Gasteiger partial charge in [-0.3, -0.25) is 14.9 Å². The maximum atomic E-state index is 11.6. The fourth-order valence-corrected chi connectivity index (χ4v) is 1.70. The summed E-state index contributed by atoms with van der Waals surface area (Å²) in [7, 11) is 0. The largest absolute Gasteiger partial charge is 0.481 e. The molecule has 0 spiro atoms. The molecular weight excluding hydrogens is 240 g/mol. The van der Waals surface area contributed by atoms with Crippen LogP contribution >= 0.6 is 0 Å². The number of carbonyl (C=O) groups excluding carboxylic acids is 2. The number of carboxylic acid groups (broad SMARTS) is 1. The number of carbonyl (C=O) groups is 3. The summed E-state index contributed by atoms with van der Waals surface area (Å²) in [6, 6.07) is -0.684. The van der Waals surface area contributed by atoms with Crippen molar-refractivity contribution in [3.63, 3.8) is 0 Å². The molecule has 1 aliphatic heterocycles. The van der Waals surface area contributed by atoms with Crippen LogP contribution in [0.4, 0.5) is 4.79 Å². The van der Waals surface area contributed by atoms with Gasteiger partial charge in [0.25, 0.3) is 0 Å². The second-order valence-corrected chi connectivity index (χ2v) is 3.94. The molecule has 0 radical (unpaired) electrons. The number of hydrogen-bond donors (Lipinski definition) is 3. The Hall–Kier alpha value is -1.89. The van der Waals surface area contributed by atoms with E-state index >= 15 is 0 Å². The third-order valence-corrected chi connectivity index (χ3v) is 2.63. The highest BCUT2D eigenvalue weighted by atomic mass is 16.5. The van der Waals surface area contributed by atoms with Gasteiger partial charge in [-0.1, -0.05) is 12.7 Å². The molecule has 0 saturated carbocycles. The molecule has 0 unspecified atom stereocenters. The monoisotopic (exact) mass is 256 g/mol. The lowest BCUT2D eigenvalue weighted by molar-refractivity contribution is -0.143. The minimum absolute atomic E-state index is 0.00889. The number of hydrogen-bond acceptors (Lipinski definition) is 5. The summed E-state index contributed by atoms with van der Waals surface area (Å²) in [5, 5.41) is 13.8. The van der Waals surface area contributed by atoms with Gasteiger partial charge in [-0.25, -0.2) is 4.79 Å². The van der Waals surface area contributed by atoms with Gasteiger partial charge in [0.2, 0.25) is 5.91 Å². The standard InChI is InChI=1S/C11H16N2O5/c1-2-5-18-11(17)13-9(14)8-6-7(10(15)16)3-4-12-8/h2,7-8,12H,1,3-6H2,(H,15,16)(H,13,14,17)/t7-,8+/m1/s1. The summed E-state index contributed by atoms with van der Waals surface area (Å²) in [6.45, 7) is 3.80. The zero-order valence-electron chi connectivity index (χ0n) is 9.85. The topological polar surface area (TPSA) is 105 Å². The Morgan fingerprint density at radius 3 is 2.83 bits per heavy atom. The Labute approximate surface area is 104 Å². The lowest BCUT2D eigenvalue weighted by atomic mass is 9.92. The predicted molar refractivity (Wildman–Crippen MR) is 61.8 cm³/mol. The first-order valence-electron chi connectivity index (χ1n) is 5.59. The van der Waals surface area contributed by atoms with Gasteiger partial charge in [-0.2, -0.15) is 0 Å². The molecule has 7 nitrogen and oxygen atoms in total. The van der Waals surface area contributed by atoms with Crippen LogP contribution in [0.1, 0.15) is 12.8 Å². The van der Waals surface area contributed by atoms with E-state index in [1.54, 1.807) is 0 Å².